The van der Waals surface area contributed by atoms with Crippen LogP contribution in [0.5, 0.6) is 0 Å². The van der Waals surface area contributed by atoms with Crippen LogP contribution < -0.4 is 15.2 Å². The van der Waals surface area contributed by atoms with Gasteiger partial charge in [0.05, 0.1) is 15.6 Å². The van der Waals surface area contributed by atoms with Gasteiger partial charge in [-0.25, -0.2) is 4.98 Å². The Balaban J connectivity index is 1.88. The summed E-state index contributed by atoms with van der Waals surface area (Å²) < 4.78 is 3.49. The van der Waals surface area contributed by atoms with Gasteiger partial charge in [-0.2, -0.15) is 0 Å². The minimum atomic E-state index is 0.0798. The van der Waals surface area contributed by atoms with E-state index in [9.17, 15) is 0 Å². The number of aromatic nitrogens is 2. The van der Waals surface area contributed by atoms with Crippen LogP contribution in [-0.4, -0.2) is 16.4 Å². The zero-order valence-corrected chi connectivity index (χ0v) is 14.3. The molecule has 3 aromatic rings. The fourth-order valence-electron chi connectivity index (χ4n) is 2.86. The molecular formula is C19H19N3S. The van der Waals surface area contributed by atoms with Crippen molar-refractivity contribution in [2.75, 3.05) is 12.4 Å². The Morgan fingerprint density at radius 2 is 1.96 bits per heavy atom. The van der Waals surface area contributed by atoms with Crippen LogP contribution in [0.2, 0.25) is 0 Å². The molecule has 4 rings (SSSR count). The van der Waals surface area contributed by atoms with E-state index >= 15 is 0 Å². The average molecular weight is 321 g/mol. The molecule has 0 unspecified atom stereocenters. The predicted molar refractivity (Wildman–Crippen MR) is 99.2 cm³/mol. The molecule has 0 fully saturated rings. The summed E-state index contributed by atoms with van der Waals surface area (Å²) in [5.74, 6) is 0. The van der Waals surface area contributed by atoms with Crippen molar-refractivity contribution in [3.63, 3.8) is 0 Å². The SMILES string of the molecule is CNc1ccc(-c2cn3c4c(sc3n2)=CC(C)(C)C=CC=4)cc1. The van der Waals surface area contributed by atoms with E-state index in [2.05, 4.69) is 78.3 Å². The molecule has 2 heterocycles. The van der Waals surface area contributed by atoms with Gasteiger partial charge in [0.1, 0.15) is 0 Å². The highest BCUT2D eigenvalue weighted by molar-refractivity contribution is 7.15. The molecule has 1 aromatic carbocycles. The number of imidazole rings is 1. The lowest BCUT2D eigenvalue weighted by Gasteiger charge is -2.11. The molecule has 0 spiro atoms. The summed E-state index contributed by atoms with van der Waals surface area (Å²) in [6.07, 6.45) is 11.0. The van der Waals surface area contributed by atoms with Crippen molar-refractivity contribution in [2.24, 2.45) is 5.41 Å². The molecule has 0 radical (unpaired) electrons. The Kier molecular flexibility index (Phi) is 3.16. The van der Waals surface area contributed by atoms with Gasteiger partial charge in [-0.15, -0.1) is 0 Å². The van der Waals surface area contributed by atoms with Gasteiger partial charge in [-0.05, 0) is 18.2 Å². The van der Waals surface area contributed by atoms with E-state index in [1.807, 2.05) is 7.05 Å². The van der Waals surface area contributed by atoms with Crippen molar-refractivity contribution < 1.29 is 0 Å². The summed E-state index contributed by atoms with van der Waals surface area (Å²) in [6, 6.07) is 8.37. The van der Waals surface area contributed by atoms with Crippen molar-refractivity contribution in [1.29, 1.82) is 0 Å². The first-order valence-electron chi connectivity index (χ1n) is 7.74. The van der Waals surface area contributed by atoms with Crippen LogP contribution in [-0.2, 0) is 0 Å². The first kappa shape index (κ1) is 14.3. The number of allylic oxidation sites excluding steroid dienone is 2. The summed E-state index contributed by atoms with van der Waals surface area (Å²) in [5, 5.41) is 4.36. The van der Waals surface area contributed by atoms with Crippen LogP contribution in [0.1, 0.15) is 13.8 Å². The van der Waals surface area contributed by atoms with Crippen LogP contribution >= 0.6 is 11.3 Å². The number of rotatable bonds is 2. The first-order valence-corrected chi connectivity index (χ1v) is 8.56. The second kappa shape index (κ2) is 5.10. The summed E-state index contributed by atoms with van der Waals surface area (Å²) in [7, 11) is 1.93. The Bertz CT molecular complexity index is 1020. The van der Waals surface area contributed by atoms with Gasteiger partial charge in [0, 0.05) is 29.9 Å². The molecule has 1 aliphatic carbocycles. The maximum atomic E-state index is 4.82. The maximum Gasteiger partial charge on any atom is 0.195 e. The molecule has 0 amide bonds. The molecule has 23 heavy (non-hydrogen) atoms. The molecule has 4 heteroatoms. The van der Waals surface area contributed by atoms with Crippen LogP contribution in [0.15, 0.2) is 42.6 Å². The molecule has 0 atom stereocenters. The predicted octanol–water partition coefficient (Wildman–Crippen LogP) is 3.26. The maximum absolute atomic E-state index is 4.82. The number of benzene rings is 1. The van der Waals surface area contributed by atoms with Gasteiger partial charge >= 0.3 is 0 Å². The molecular weight excluding hydrogens is 302 g/mol. The smallest absolute Gasteiger partial charge is 0.195 e. The number of fused-ring (bicyclic) bond motifs is 3. The molecule has 0 saturated carbocycles. The van der Waals surface area contributed by atoms with Crippen molar-refractivity contribution in [3.05, 3.63) is 52.5 Å². The third-order valence-electron chi connectivity index (χ3n) is 4.14. The third kappa shape index (κ3) is 2.49. The van der Waals surface area contributed by atoms with E-state index in [0.717, 1.165) is 21.9 Å². The van der Waals surface area contributed by atoms with Crippen molar-refractivity contribution in [2.45, 2.75) is 13.8 Å². The van der Waals surface area contributed by atoms with E-state index in [-0.39, 0.29) is 5.41 Å². The molecule has 116 valence electrons. The normalized spacial score (nSPS) is 15.6. The fraction of sp³-hybridized carbons (Fsp3) is 0.211. The first-order chi connectivity index (χ1) is 11.1. The summed E-state index contributed by atoms with van der Waals surface area (Å²) in [4.78, 5) is 5.86. The lowest BCUT2D eigenvalue weighted by molar-refractivity contribution is 0.671. The zero-order valence-electron chi connectivity index (χ0n) is 13.5. The topological polar surface area (TPSA) is 29.3 Å². The van der Waals surface area contributed by atoms with Gasteiger partial charge in [0.2, 0.25) is 0 Å². The van der Waals surface area contributed by atoms with Crippen molar-refractivity contribution in [3.8, 4) is 11.3 Å². The minimum absolute atomic E-state index is 0.0798. The number of hydrogen-bond donors (Lipinski definition) is 1. The van der Waals surface area contributed by atoms with Crippen LogP contribution in [0.4, 0.5) is 5.69 Å². The standard InChI is InChI=1S/C19H19N3S/c1-19(2)10-4-5-16-17(11-19)23-18-21-15(12-22(16)18)13-6-8-14(20-3)9-7-13/h4-12,20H,1-3H3. The van der Waals surface area contributed by atoms with Crippen LogP contribution in [0, 0.1) is 5.41 Å². The monoisotopic (exact) mass is 321 g/mol. The van der Waals surface area contributed by atoms with Gasteiger partial charge in [0.25, 0.3) is 0 Å². The third-order valence-corrected chi connectivity index (χ3v) is 5.16. The molecule has 2 aromatic heterocycles. The molecule has 1 N–H and O–H groups in total. The number of hydrogen-bond acceptors (Lipinski definition) is 3. The van der Waals surface area contributed by atoms with E-state index in [1.165, 1.54) is 9.88 Å². The number of nitrogens with one attached hydrogen (secondary N) is 1. The summed E-state index contributed by atoms with van der Waals surface area (Å²) >= 11 is 1.75. The van der Waals surface area contributed by atoms with Gasteiger partial charge in [-0.3, -0.25) is 4.40 Å². The largest absolute Gasteiger partial charge is 0.388 e. The van der Waals surface area contributed by atoms with Crippen molar-refractivity contribution >= 4 is 34.1 Å². The molecule has 0 aliphatic heterocycles. The highest BCUT2D eigenvalue weighted by atomic mass is 32.1. The fourth-order valence-corrected chi connectivity index (χ4v) is 4.09. The lowest BCUT2D eigenvalue weighted by atomic mass is 9.93. The van der Waals surface area contributed by atoms with Gasteiger partial charge in [0.15, 0.2) is 4.96 Å². The second-order valence-corrected chi connectivity index (χ2v) is 7.46. The average Bonchev–Trinajstić information content (AvgIpc) is 3.01. The van der Waals surface area contributed by atoms with Gasteiger partial charge < -0.3 is 5.32 Å². The molecule has 3 nitrogen and oxygen atoms in total. The van der Waals surface area contributed by atoms with E-state index < -0.39 is 0 Å². The molecule has 0 saturated heterocycles. The van der Waals surface area contributed by atoms with Crippen LogP contribution in [0.25, 0.3) is 28.4 Å². The quantitative estimate of drug-likeness (QED) is 0.785. The van der Waals surface area contributed by atoms with E-state index in [4.69, 9.17) is 4.98 Å². The number of thiazole rings is 1. The second-order valence-electron chi connectivity index (χ2n) is 6.45. The highest BCUT2D eigenvalue weighted by Gasteiger charge is 2.14. The van der Waals surface area contributed by atoms with Gasteiger partial charge in [-0.1, -0.05) is 55.5 Å². The summed E-state index contributed by atoms with van der Waals surface area (Å²) in [5.41, 5.74) is 3.35. The van der Waals surface area contributed by atoms with Crippen LogP contribution in [0.3, 0.4) is 0 Å². The molecule has 1 aliphatic rings. The van der Waals surface area contributed by atoms with E-state index in [1.54, 1.807) is 11.3 Å². The zero-order chi connectivity index (χ0) is 16.0. The van der Waals surface area contributed by atoms with Crippen molar-refractivity contribution in [1.82, 2.24) is 9.38 Å². The number of nitrogens with zero attached hydrogens (tertiary/aromatic N) is 2. The Hall–Kier alpha value is -2.33. The number of anilines is 1. The summed E-state index contributed by atoms with van der Waals surface area (Å²) in [6.45, 7) is 4.45. The Labute approximate surface area is 139 Å². The van der Waals surface area contributed by atoms with E-state index in [0.29, 0.717) is 0 Å². The Morgan fingerprint density at radius 3 is 2.70 bits per heavy atom. The molecule has 0 bridgehead atoms. The Morgan fingerprint density at radius 1 is 1.17 bits per heavy atom. The minimum Gasteiger partial charge on any atom is -0.388 e. The lowest BCUT2D eigenvalue weighted by Crippen LogP contribution is -2.24. The highest BCUT2D eigenvalue weighted by Crippen LogP contribution is 2.23.